The largest absolute Gasteiger partial charge is 0.478 e. The van der Waals surface area contributed by atoms with Gasteiger partial charge in [-0.05, 0) is 58.3 Å². The third-order valence-electron chi connectivity index (χ3n) is 8.41. The molecule has 0 radical (unpaired) electrons. The summed E-state index contributed by atoms with van der Waals surface area (Å²) < 4.78 is 5.89. The number of hydroxylamine groups is 2. The Morgan fingerprint density at radius 1 is 0.833 bits per heavy atom. The summed E-state index contributed by atoms with van der Waals surface area (Å²) in [5, 5.41) is 19.7. The summed E-state index contributed by atoms with van der Waals surface area (Å²) in [6.07, 6.45) is -0.0554. The number of imide groups is 1. The SMILES string of the molecule is O=Nc1ccc2c(-c3ccc(C(=O)NCc4ccc(CNC(=O)CSCCC(=O)ON5C(=O)CCC5=O)cc4)cc3C(=O)O)c3ccc(=O)cc-3oc2c1. The Kier molecular flexibility index (Phi) is 11.2. The Hall–Kier alpha value is -6.68. The first-order valence-electron chi connectivity index (χ1n) is 16.5. The lowest BCUT2D eigenvalue weighted by Gasteiger charge is -2.17. The van der Waals surface area contributed by atoms with Gasteiger partial charge in [-0.1, -0.05) is 30.3 Å². The molecule has 2 aliphatic heterocycles. The summed E-state index contributed by atoms with van der Waals surface area (Å²) in [5.41, 5.74) is 2.64. The number of fused-ring (bicyclic) bond motifs is 2. The van der Waals surface area contributed by atoms with Gasteiger partial charge >= 0.3 is 11.9 Å². The molecular formula is C38H30N4O11S. The molecule has 274 valence electrons. The second-order valence-electron chi connectivity index (χ2n) is 12.1. The molecule has 0 aromatic heterocycles. The maximum absolute atomic E-state index is 13.2. The molecule has 0 atom stereocenters. The lowest BCUT2D eigenvalue weighted by Crippen LogP contribution is -2.32. The third-order valence-corrected chi connectivity index (χ3v) is 9.37. The van der Waals surface area contributed by atoms with E-state index >= 15 is 0 Å². The van der Waals surface area contributed by atoms with Crippen LogP contribution < -0.4 is 16.1 Å². The number of benzene rings is 4. The van der Waals surface area contributed by atoms with Gasteiger partial charge in [0.2, 0.25) is 5.91 Å². The van der Waals surface area contributed by atoms with Crippen molar-refractivity contribution in [3.05, 3.63) is 116 Å². The van der Waals surface area contributed by atoms with Gasteiger partial charge in [-0.3, -0.25) is 24.0 Å². The quantitative estimate of drug-likeness (QED) is 0.0595. The summed E-state index contributed by atoms with van der Waals surface area (Å²) in [6, 6.07) is 20.0. The maximum Gasteiger partial charge on any atom is 0.336 e. The molecule has 4 amide bonds. The first-order valence-corrected chi connectivity index (χ1v) is 17.6. The van der Waals surface area contributed by atoms with E-state index in [2.05, 4.69) is 15.8 Å². The van der Waals surface area contributed by atoms with Crippen LogP contribution in [0.3, 0.4) is 0 Å². The minimum absolute atomic E-state index is 0.0107. The van der Waals surface area contributed by atoms with E-state index in [1.165, 1.54) is 60.3 Å². The Morgan fingerprint density at radius 3 is 2.20 bits per heavy atom. The summed E-state index contributed by atoms with van der Waals surface area (Å²) in [6.45, 7) is 0.375. The zero-order valence-corrected chi connectivity index (χ0v) is 29.1. The highest BCUT2D eigenvalue weighted by Crippen LogP contribution is 2.42. The Morgan fingerprint density at radius 2 is 1.52 bits per heavy atom. The van der Waals surface area contributed by atoms with Crippen LogP contribution >= 0.6 is 11.8 Å². The standard InChI is InChI=1S/C38H30N4O11S/c43-25-7-10-28-31(17-25)52-30-16-24(41-51)6-9-27(30)36(28)26-8-5-23(15-29(26)38(49)50)37(48)40-19-22-3-1-21(2-4-22)18-39-32(44)20-54-14-13-35(47)53-42-33(45)11-12-34(42)46/h1-10,15-17H,11-14,18-20H2,(H,39,44)(H,40,48)(H,49,50). The van der Waals surface area contributed by atoms with Gasteiger partial charge in [-0.25, -0.2) is 9.59 Å². The van der Waals surface area contributed by atoms with Crippen LogP contribution in [-0.2, 0) is 37.1 Å². The number of hydrogen-bond donors (Lipinski definition) is 3. The number of nitroso groups, excluding NO2 is 1. The van der Waals surface area contributed by atoms with Crippen LogP contribution in [0.5, 0.6) is 0 Å². The van der Waals surface area contributed by atoms with E-state index in [1.807, 2.05) is 0 Å². The summed E-state index contributed by atoms with van der Waals surface area (Å²) in [7, 11) is 0. The monoisotopic (exact) mass is 750 g/mol. The van der Waals surface area contributed by atoms with Crippen LogP contribution in [0.15, 0.2) is 93.3 Å². The molecule has 3 N–H and O–H groups in total. The summed E-state index contributed by atoms with van der Waals surface area (Å²) >= 11 is 1.20. The van der Waals surface area contributed by atoms with E-state index in [9.17, 15) is 43.6 Å². The number of amides is 4. The number of carbonyl (C=O) groups excluding carboxylic acids is 5. The van der Waals surface area contributed by atoms with Crippen LogP contribution in [0, 0.1) is 4.91 Å². The molecule has 6 rings (SSSR count). The molecule has 3 aromatic rings. The predicted molar refractivity (Wildman–Crippen MR) is 196 cm³/mol. The third kappa shape index (κ3) is 8.50. The molecule has 0 unspecified atom stereocenters. The average Bonchev–Trinajstić information content (AvgIpc) is 3.48. The van der Waals surface area contributed by atoms with Crippen molar-refractivity contribution in [2.75, 3.05) is 11.5 Å². The second-order valence-corrected chi connectivity index (χ2v) is 13.2. The number of nitrogens with zero attached hydrogens (tertiary/aromatic N) is 2. The molecule has 3 aliphatic rings. The predicted octanol–water partition coefficient (Wildman–Crippen LogP) is 4.94. The van der Waals surface area contributed by atoms with Gasteiger partial charge < -0.3 is 25.0 Å². The highest BCUT2D eigenvalue weighted by Gasteiger charge is 2.32. The number of carboxylic acids is 1. The van der Waals surface area contributed by atoms with E-state index in [1.54, 1.807) is 30.3 Å². The number of nitrogens with one attached hydrogen (secondary N) is 2. The van der Waals surface area contributed by atoms with Crippen LogP contribution in [0.1, 0.15) is 51.1 Å². The molecule has 54 heavy (non-hydrogen) atoms. The summed E-state index contributed by atoms with van der Waals surface area (Å²) in [4.78, 5) is 101. The van der Waals surface area contributed by atoms with E-state index in [0.29, 0.717) is 21.6 Å². The number of rotatable bonds is 14. The molecule has 15 nitrogen and oxygen atoms in total. The first-order chi connectivity index (χ1) is 26.0. The van der Waals surface area contributed by atoms with Crippen LogP contribution in [-0.4, -0.2) is 57.2 Å². The number of carbonyl (C=O) groups is 6. The molecule has 2 heterocycles. The molecule has 0 bridgehead atoms. The van der Waals surface area contributed by atoms with Gasteiger partial charge in [0.1, 0.15) is 17.0 Å². The fourth-order valence-corrected chi connectivity index (χ4v) is 6.47. The van der Waals surface area contributed by atoms with Crippen LogP contribution in [0.2, 0.25) is 0 Å². The van der Waals surface area contributed by atoms with Crippen LogP contribution in [0.25, 0.3) is 33.4 Å². The Labute approximate surface area is 309 Å². The smallest absolute Gasteiger partial charge is 0.336 e. The van der Waals surface area contributed by atoms with Crippen molar-refractivity contribution in [2.45, 2.75) is 32.4 Å². The van der Waals surface area contributed by atoms with E-state index < -0.39 is 29.7 Å². The normalized spacial score (nSPS) is 12.6. The number of hydrogen-bond acceptors (Lipinski definition) is 12. The van der Waals surface area contributed by atoms with Gasteiger partial charge in [-0.15, -0.1) is 9.97 Å². The van der Waals surface area contributed by atoms with Crippen molar-refractivity contribution >= 4 is 64.0 Å². The minimum atomic E-state index is -1.29. The van der Waals surface area contributed by atoms with Crippen LogP contribution in [0.4, 0.5) is 5.69 Å². The maximum atomic E-state index is 13.2. The molecule has 1 fully saturated rings. The highest BCUT2D eigenvalue weighted by molar-refractivity contribution is 7.99. The van der Waals surface area contributed by atoms with Gasteiger partial charge in [0.15, 0.2) is 5.43 Å². The van der Waals surface area contributed by atoms with Crippen molar-refractivity contribution in [3.8, 4) is 22.5 Å². The Balaban J connectivity index is 1.04. The van der Waals surface area contributed by atoms with Gasteiger partial charge in [0, 0.05) is 65.9 Å². The molecule has 16 heteroatoms. The van der Waals surface area contributed by atoms with E-state index in [-0.39, 0.29) is 88.9 Å². The van der Waals surface area contributed by atoms with Crippen molar-refractivity contribution in [3.63, 3.8) is 0 Å². The van der Waals surface area contributed by atoms with Crippen molar-refractivity contribution in [2.24, 2.45) is 5.18 Å². The van der Waals surface area contributed by atoms with Gasteiger partial charge in [0.05, 0.1) is 17.7 Å². The summed E-state index contributed by atoms with van der Waals surface area (Å²) in [5.74, 6) is -3.38. The lowest BCUT2D eigenvalue weighted by molar-refractivity contribution is -0.197. The molecule has 0 spiro atoms. The minimum Gasteiger partial charge on any atom is -0.478 e. The van der Waals surface area contributed by atoms with Gasteiger partial charge in [0.25, 0.3) is 17.7 Å². The number of carboxylic acid groups (broad SMARTS) is 1. The molecule has 3 aromatic carbocycles. The lowest BCUT2D eigenvalue weighted by atomic mass is 9.89. The molecule has 1 saturated heterocycles. The topological polar surface area (TPSA) is 219 Å². The molecular weight excluding hydrogens is 721 g/mol. The molecule has 1 aliphatic carbocycles. The first kappa shape index (κ1) is 37.1. The fourth-order valence-electron chi connectivity index (χ4n) is 5.72. The van der Waals surface area contributed by atoms with E-state index in [0.717, 1.165) is 11.1 Å². The van der Waals surface area contributed by atoms with E-state index in [4.69, 9.17) is 9.25 Å². The zero-order chi connectivity index (χ0) is 38.4. The average molecular weight is 751 g/mol. The van der Waals surface area contributed by atoms with Crippen molar-refractivity contribution < 1.29 is 43.1 Å². The number of thioether (sulfide) groups is 1. The fraction of sp³-hybridized carbons (Fsp3) is 0.184. The highest BCUT2D eigenvalue weighted by atomic mass is 32.2. The zero-order valence-electron chi connectivity index (χ0n) is 28.3. The second kappa shape index (κ2) is 16.3. The number of aromatic carboxylic acids is 1. The molecule has 0 saturated carbocycles. The van der Waals surface area contributed by atoms with Crippen molar-refractivity contribution in [1.29, 1.82) is 0 Å². The van der Waals surface area contributed by atoms with Crippen molar-refractivity contribution in [1.82, 2.24) is 15.7 Å². The van der Waals surface area contributed by atoms with Gasteiger partial charge in [-0.2, -0.15) is 11.8 Å². The Bertz CT molecular complexity index is 2340.